The lowest BCUT2D eigenvalue weighted by Gasteiger charge is -2.21. The van der Waals surface area contributed by atoms with Crippen molar-refractivity contribution in [3.63, 3.8) is 0 Å². The molecule has 0 saturated heterocycles. The molecule has 7 nitrogen and oxygen atoms in total. The number of sulfonamides is 1. The Balaban J connectivity index is 1.82. The molecule has 0 spiro atoms. The van der Waals surface area contributed by atoms with Gasteiger partial charge in [0.1, 0.15) is 0 Å². The minimum atomic E-state index is -4.06. The fourth-order valence-corrected chi connectivity index (χ4v) is 4.04. The van der Waals surface area contributed by atoms with Gasteiger partial charge in [0.15, 0.2) is 0 Å². The highest BCUT2D eigenvalue weighted by molar-refractivity contribution is 7.89. The fraction of sp³-hybridized carbons (Fsp3) is 0.222. The molecule has 1 heterocycles. The Labute approximate surface area is 151 Å². The van der Waals surface area contributed by atoms with E-state index in [1.54, 1.807) is 30.3 Å². The number of amides is 1. The Morgan fingerprint density at radius 2 is 1.88 bits per heavy atom. The standard InChI is InChI=1S/C18H18N2O5S/c21-17-9-6-13-11-14(7-8-15(13)19-17)26(24,25)20-16(18(22)23)10-12-4-2-1-3-5-12/h1-5,7-8,11,16,20H,6,9-10H2,(H,19,21)(H,22,23)/p-1. The van der Waals surface area contributed by atoms with Crippen LogP contribution in [-0.2, 0) is 32.5 Å². The largest absolute Gasteiger partial charge is 0.548 e. The quantitative estimate of drug-likeness (QED) is 0.751. The summed E-state index contributed by atoms with van der Waals surface area (Å²) in [5.74, 6) is -1.62. The van der Waals surface area contributed by atoms with Crippen molar-refractivity contribution in [3.8, 4) is 0 Å². The van der Waals surface area contributed by atoms with Crippen molar-refractivity contribution in [1.82, 2.24) is 4.72 Å². The van der Waals surface area contributed by atoms with Crippen LogP contribution in [0.4, 0.5) is 5.69 Å². The zero-order valence-electron chi connectivity index (χ0n) is 13.8. The van der Waals surface area contributed by atoms with Crippen LogP contribution in [0.1, 0.15) is 17.5 Å². The number of carboxylic acids is 1. The van der Waals surface area contributed by atoms with Crippen molar-refractivity contribution in [2.24, 2.45) is 0 Å². The second-order valence-corrected chi connectivity index (χ2v) is 7.76. The monoisotopic (exact) mass is 373 g/mol. The summed E-state index contributed by atoms with van der Waals surface area (Å²) in [6.45, 7) is 0. The van der Waals surface area contributed by atoms with E-state index in [1.807, 2.05) is 0 Å². The molecule has 1 atom stereocenters. The predicted octanol–water partition coefficient (Wildman–Crippen LogP) is 0.211. The van der Waals surface area contributed by atoms with Gasteiger partial charge in [-0.2, -0.15) is 0 Å². The number of carbonyl (C=O) groups is 2. The predicted molar refractivity (Wildman–Crippen MR) is 92.7 cm³/mol. The Kier molecular flexibility index (Phi) is 5.06. The second kappa shape index (κ2) is 7.27. The summed E-state index contributed by atoms with van der Waals surface area (Å²) in [5, 5.41) is 14.1. The lowest BCUT2D eigenvalue weighted by Crippen LogP contribution is -2.49. The first-order valence-corrected chi connectivity index (χ1v) is 9.53. The van der Waals surface area contributed by atoms with Crippen LogP contribution in [0.5, 0.6) is 0 Å². The number of anilines is 1. The number of hydrogen-bond donors (Lipinski definition) is 2. The van der Waals surface area contributed by atoms with E-state index >= 15 is 0 Å². The van der Waals surface area contributed by atoms with Crippen LogP contribution in [0.15, 0.2) is 53.4 Å². The summed E-state index contributed by atoms with van der Waals surface area (Å²) in [6.07, 6.45) is 0.682. The van der Waals surface area contributed by atoms with Gasteiger partial charge in [-0.1, -0.05) is 30.3 Å². The summed E-state index contributed by atoms with van der Waals surface area (Å²) >= 11 is 0. The molecule has 136 valence electrons. The van der Waals surface area contributed by atoms with E-state index in [-0.39, 0.29) is 23.6 Å². The molecule has 0 bridgehead atoms. The normalized spacial score (nSPS) is 15.0. The molecule has 1 aliphatic rings. The molecule has 26 heavy (non-hydrogen) atoms. The molecule has 2 aromatic rings. The van der Waals surface area contributed by atoms with Crippen molar-refractivity contribution in [2.75, 3.05) is 5.32 Å². The number of hydrogen-bond acceptors (Lipinski definition) is 5. The van der Waals surface area contributed by atoms with Crippen LogP contribution in [0, 0.1) is 0 Å². The second-order valence-electron chi connectivity index (χ2n) is 6.05. The Morgan fingerprint density at radius 3 is 2.58 bits per heavy atom. The lowest BCUT2D eigenvalue weighted by atomic mass is 10.0. The van der Waals surface area contributed by atoms with Crippen LogP contribution in [0.25, 0.3) is 0 Å². The average Bonchev–Trinajstić information content (AvgIpc) is 2.61. The third-order valence-electron chi connectivity index (χ3n) is 4.15. The van der Waals surface area contributed by atoms with Gasteiger partial charge in [-0.05, 0) is 42.2 Å². The SMILES string of the molecule is O=C1CCc2cc(S(=O)(=O)NC(Cc3ccccc3)C(=O)[O-])ccc2N1. The van der Waals surface area contributed by atoms with Crippen molar-refractivity contribution in [1.29, 1.82) is 0 Å². The highest BCUT2D eigenvalue weighted by atomic mass is 32.2. The van der Waals surface area contributed by atoms with E-state index < -0.39 is 22.0 Å². The first-order chi connectivity index (χ1) is 12.3. The number of aryl methyl sites for hydroxylation is 1. The van der Waals surface area contributed by atoms with Gasteiger partial charge in [-0.25, -0.2) is 13.1 Å². The molecule has 0 saturated carbocycles. The number of benzene rings is 2. The molecule has 3 rings (SSSR count). The first-order valence-electron chi connectivity index (χ1n) is 8.05. The molecule has 1 unspecified atom stereocenters. The van der Waals surface area contributed by atoms with Gasteiger partial charge in [0.05, 0.1) is 16.9 Å². The molecule has 1 aliphatic heterocycles. The lowest BCUT2D eigenvalue weighted by molar-refractivity contribution is -0.307. The number of aliphatic carboxylic acids is 1. The molecule has 8 heteroatoms. The topological polar surface area (TPSA) is 115 Å². The maximum atomic E-state index is 12.6. The summed E-state index contributed by atoms with van der Waals surface area (Å²) in [4.78, 5) is 22.7. The van der Waals surface area contributed by atoms with E-state index in [0.717, 1.165) is 0 Å². The Bertz CT molecular complexity index is 941. The minimum Gasteiger partial charge on any atom is -0.548 e. The average molecular weight is 373 g/mol. The molecular weight excluding hydrogens is 356 g/mol. The fourth-order valence-electron chi connectivity index (χ4n) is 2.81. The van der Waals surface area contributed by atoms with Gasteiger partial charge in [-0.3, -0.25) is 4.79 Å². The van der Waals surface area contributed by atoms with E-state index in [0.29, 0.717) is 23.2 Å². The Hall–Kier alpha value is -2.71. The van der Waals surface area contributed by atoms with Gasteiger partial charge in [0.2, 0.25) is 15.9 Å². The molecule has 1 amide bonds. The van der Waals surface area contributed by atoms with E-state index in [2.05, 4.69) is 10.0 Å². The van der Waals surface area contributed by atoms with E-state index in [9.17, 15) is 23.1 Å². The van der Waals surface area contributed by atoms with Gasteiger partial charge in [0, 0.05) is 12.1 Å². The number of nitrogens with one attached hydrogen (secondary N) is 2. The summed E-state index contributed by atoms with van der Waals surface area (Å²) in [5.41, 5.74) is 1.94. The maximum Gasteiger partial charge on any atom is 0.241 e. The summed E-state index contributed by atoms with van der Waals surface area (Å²) in [6, 6.07) is 11.6. The molecule has 0 aliphatic carbocycles. The highest BCUT2D eigenvalue weighted by Gasteiger charge is 2.23. The van der Waals surface area contributed by atoms with Crippen LogP contribution < -0.4 is 15.1 Å². The third kappa shape index (κ3) is 4.09. The summed E-state index contributed by atoms with van der Waals surface area (Å²) < 4.78 is 27.4. The first kappa shape index (κ1) is 18.1. The van der Waals surface area contributed by atoms with Gasteiger partial charge in [-0.15, -0.1) is 0 Å². The molecule has 0 radical (unpaired) electrons. The van der Waals surface area contributed by atoms with Crippen LogP contribution in [0.2, 0.25) is 0 Å². The minimum absolute atomic E-state index is 0.0244. The molecule has 2 N–H and O–H groups in total. The number of rotatable bonds is 6. The third-order valence-corrected chi connectivity index (χ3v) is 5.62. The molecule has 0 fully saturated rings. The number of carboxylic acid groups (broad SMARTS) is 1. The maximum absolute atomic E-state index is 12.6. The van der Waals surface area contributed by atoms with Crippen LogP contribution >= 0.6 is 0 Å². The van der Waals surface area contributed by atoms with Crippen LogP contribution in [0.3, 0.4) is 0 Å². The van der Waals surface area contributed by atoms with Crippen molar-refractivity contribution in [3.05, 3.63) is 59.7 Å². The molecule has 2 aromatic carbocycles. The van der Waals surface area contributed by atoms with E-state index in [4.69, 9.17) is 0 Å². The van der Waals surface area contributed by atoms with Crippen molar-refractivity contribution >= 4 is 27.6 Å². The number of fused-ring (bicyclic) bond motifs is 1. The van der Waals surface area contributed by atoms with Gasteiger partial charge >= 0.3 is 0 Å². The van der Waals surface area contributed by atoms with Crippen molar-refractivity contribution < 1.29 is 23.1 Å². The van der Waals surface area contributed by atoms with Crippen molar-refractivity contribution in [2.45, 2.75) is 30.2 Å². The molecule has 0 aromatic heterocycles. The summed E-state index contributed by atoms with van der Waals surface area (Å²) in [7, 11) is -4.06. The van der Waals surface area contributed by atoms with Crippen LogP contribution in [-0.4, -0.2) is 26.3 Å². The van der Waals surface area contributed by atoms with E-state index in [1.165, 1.54) is 18.2 Å². The Morgan fingerprint density at radius 1 is 1.15 bits per heavy atom. The van der Waals surface area contributed by atoms with Gasteiger partial charge < -0.3 is 15.2 Å². The zero-order chi connectivity index (χ0) is 18.7. The smallest absolute Gasteiger partial charge is 0.241 e. The van der Waals surface area contributed by atoms with Gasteiger partial charge in [0.25, 0.3) is 0 Å². The number of carbonyl (C=O) groups excluding carboxylic acids is 2. The highest BCUT2D eigenvalue weighted by Crippen LogP contribution is 2.25. The zero-order valence-corrected chi connectivity index (χ0v) is 14.6. The molecular formula is C18H17N2O5S-.